The molecule has 1 aliphatic rings. The number of anilines is 2. The van der Waals surface area contributed by atoms with Gasteiger partial charge in [-0.05, 0) is 30.2 Å². The minimum atomic E-state index is -0.00199. The third-order valence-electron chi connectivity index (χ3n) is 4.56. The van der Waals surface area contributed by atoms with Crippen LogP contribution in [0.1, 0.15) is 29.3 Å². The van der Waals surface area contributed by atoms with Crippen LogP contribution in [0.25, 0.3) is 10.8 Å². The van der Waals surface area contributed by atoms with Crippen LogP contribution in [0.5, 0.6) is 0 Å². The second-order valence-electron chi connectivity index (χ2n) is 6.22. The van der Waals surface area contributed by atoms with Gasteiger partial charge >= 0.3 is 0 Å². The Balaban J connectivity index is 1.82. The van der Waals surface area contributed by atoms with E-state index >= 15 is 0 Å². The number of nitrogens with zero attached hydrogens (tertiary/aromatic N) is 1. The van der Waals surface area contributed by atoms with E-state index in [-0.39, 0.29) is 5.91 Å². The van der Waals surface area contributed by atoms with E-state index in [1.807, 2.05) is 24.3 Å². The summed E-state index contributed by atoms with van der Waals surface area (Å²) >= 11 is 0. The molecule has 1 N–H and O–H groups in total. The molecule has 3 heteroatoms. The molecular formula is C21H20N2O. The fraction of sp³-hybridized carbons (Fsp3) is 0.190. The molecule has 24 heavy (non-hydrogen) atoms. The maximum Gasteiger partial charge on any atom is 0.256 e. The Labute approximate surface area is 141 Å². The number of amides is 1. The maximum atomic E-state index is 12.1. The van der Waals surface area contributed by atoms with Gasteiger partial charge in [-0.15, -0.1) is 0 Å². The highest BCUT2D eigenvalue weighted by atomic mass is 16.1. The highest BCUT2D eigenvalue weighted by molar-refractivity contribution is 6.25. The molecule has 4 rings (SSSR count). The average Bonchev–Trinajstić information content (AvgIpc) is 2.94. The quantitative estimate of drug-likeness (QED) is 0.732. The molecular weight excluding hydrogens is 296 g/mol. The molecule has 0 unspecified atom stereocenters. The van der Waals surface area contributed by atoms with Crippen LogP contribution >= 0.6 is 0 Å². The van der Waals surface area contributed by atoms with Crippen molar-refractivity contribution >= 4 is 28.1 Å². The largest absolute Gasteiger partial charge is 0.367 e. The van der Waals surface area contributed by atoms with Crippen molar-refractivity contribution in [3.05, 3.63) is 71.8 Å². The molecule has 0 atom stereocenters. The van der Waals surface area contributed by atoms with Crippen LogP contribution in [0.3, 0.4) is 0 Å². The van der Waals surface area contributed by atoms with Gasteiger partial charge in [-0.25, -0.2) is 0 Å². The summed E-state index contributed by atoms with van der Waals surface area (Å²) in [6, 6.07) is 20.7. The Morgan fingerprint density at radius 1 is 0.958 bits per heavy atom. The SMILES string of the molecule is CCCN(Cc1ccccc1)c1ccc2c3c(cccc13)C(=O)N2. The average molecular weight is 316 g/mol. The highest BCUT2D eigenvalue weighted by Gasteiger charge is 2.23. The smallest absolute Gasteiger partial charge is 0.256 e. The van der Waals surface area contributed by atoms with E-state index in [0.717, 1.165) is 41.5 Å². The van der Waals surface area contributed by atoms with Crippen molar-refractivity contribution in [1.82, 2.24) is 0 Å². The number of hydrogen-bond acceptors (Lipinski definition) is 2. The zero-order valence-corrected chi connectivity index (χ0v) is 13.8. The third-order valence-corrected chi connectivity index (χ3v) is 4.56. The molecule has 0 saturated carbocycles. The Morgan fingerprint density at radius 3 is 2.58 bits per heavy atom. The Morgan fingerprint density at radius 2 is 1.79 bits per heavy atom. The lowest BCUT2D eigenvalue weighted by atomic mass is 10.0. The van der Waals surface area contributed by atoms with E-state index in [2.05, 4.69) is 53.5 Å². The van der Waals surface area contributed by atoms with E-state index in [0.29, 0.717) is 0 Å². The number of benzene rings is 3. The Hall–Kier alpha value is -2.81. The van der Waals surface area contributed by atoms with Gasteiger partial charge < -0.3 is 10.2 Å². The van der Waals surface area contributed by atoms with E-state index in [4.69, 9.17) is 0 Å². The molecule has 0 fully saturated rings. The van der Waals surface area contributed by atoms with E-state index < -0.39 is 0 Å². The highest BCUT2D eigenvalue weighted by Crippen LogP contribution is 2.38. The summed E-state index contributed by atoms with van der Waals surface area (Å²) in [4.78, 5) is 14.5. The summed E-state index contributed by atoms with van der Waals surface area (Å²) in [7, 11) is 0. The molecule has 3 nitrogen and oxygen atoms in total. The van der Waals surface area contributed by atoms with Gasteiger partial charge in [0.2, 0.25) is 0 Å². The van der Waals surface area contributed by atoms with Crippen LogP contribution in [0, 0.1) is 0 Å². The first kappa shape index (κ1) is 14.8. The molecule has 1 amide bonds. The Bertz CT molecular complexity index is 902. The summed E-state index contributed by atoms with van der Waals surface area (Å²) in [5.41, 5.74) is 4.19. The van der Waals surface area contributed by atoms with Crippen molar-refractivity contribution in [2.45, 2.75) is 19.9 Å². The molecule has 1 aliphatic heterocycles. The summed E-state index contributed by atoms with van der Waals surface area (Å²) in [6.07, 6.45) is 1.08. The van der Waals surface area contributed by atoms with Gasteiger partial charge in [-0.3, -0.25) is 4.79 Å². The van der Waals surface area contributed by atoms with Crippen LogP contribution < -0.4 is 10.2 Å². The number of rotatable bonds is 5. The third kappa shape index (κ3) is 2.42. The second kappa shape index (κ2) is 6.00. The minimum Gasteiger partial charge on any atom is -0.367 e. The molecule has 3 aromatic carbocycles. The van der Waals surface area contributed by atoms with Crippen LogP contribution in [0.4, 0.5) is 11.4 Å². The van der Waals surface area contributed by atoms with Gasteiger partial charge in [-0.1, -0.05) is 49.4 Å². The molecule has 0 spiro atoms. The molecule has 0 bridgehead atoms. The van der Waals surface area contributed by atoms with Crippen LogP contribution in [0.15, 0.2) is 60.7 Å². The maximum absolute atomic E-state index is 12.1. The molecule has 3 aromatic rings. The Kier molecular flexibility index (Phi) is 3.69. The van der Waals surface area contributed by atoms with Gasteiger partial charge in [-0.2, -0.15) is 0 Å². The van der Waals surface area contributed by atoms with Gasteiger partial charge in [0.15, 0.2) is 0 Å². The number of hydrogen-bond donors (Lipinski definition) is 1. The van der Waals surface area contributed by atoms with Crippen molar-refractivity contribution in [1.29, 1.82) is 0 Å². The van der Waals surface area contributed by atoms with Crippen molar-refractivity contribution in [2.24, 2.45) is 0 Å². The fourth-order valence-corrected chi connectivity index (χ4v) is 3.51. The van der Waals surface area contributed by atoms with E-state index in [1.54, 1.807) is 0 Å². The first-order valence-corrected chi connectivity index (χ1v) is 8.44. The van der Waals surface area contributed by atoms with Crippen molar-refractivity contribution in [3.8, 4) is 0 Å². The number of carbonyl (C=O) groups is 1. The summed E-state index contributed by atoms with van der Waals surface area (Å²) in [5, 5.41) is 5.16. The van der Waals surface area contributed by atoms with Crippen molar-refractivity contribution in [2.75, 3.05) is 16.8 Å². The predicted octanol–water partition coefficient (Wildman–Crippen LogP) is 4.82. The van der Waals surface area contributed by atoms with E-state index in [9.17, 15) is 4.79 Å². The van der Waals surface area contributed by atoms with Gasteiger partial charge in [0, 0.05) is 40.8 Å². The molecule has 0 aromatic heterocycles. The zero-order chi connectivity index (χ0) is 16.5. The lowest BCUT2D eigenvalue weighted by Crippen LogP contribution is -2.23. The lowest BCUT2D eigenvalue weighted by Gasteiger charge is -2.26. The van der Waals surface area contributed by atoms with Crippen LogP contribution in [-0.4, -0.2) is 12.5 Å². The fourth-order valence-electron chi connectivity index (χ4n) is 3.51. The molecule has 1 heterocycles. The first-order chi connectivity index (χ1) is 11.8. The van der Waals surface area contributed by atoms with E-state index in [1.165, 1.54) is 11.3 Å². The monoisotopic (exact) mass is 316 g/mol. The van der Waals surface area contributed by atoms with Gasteiger partial charge in [0.05, 0.1) is 0 Å². The number of nitrogens with one attached hydrogen (secondary N) is 1. The van der Waals surface area contributed by atoms with Crippen LogP contribution in [-0.2, 0) is 6.54 Å². The summed E-state index contributed by atoms with van der Waals surface area (Å²) < 4.78 is 0. The normalized spacial score (nSPS) is 12.5. The predicted molar refractivity (Wildman–Crippen MR) is 99.7 cm³/mol. The molecule has 0 radical (unpaired) electrons. The lowest BCUT2D eigenvalue weighted by molar-refractivity contribution is 0.103. The van der Waals surface area contributed by atoms with Crippen molar-refractivity contribution < 1.29 is 4.79 Å². The minimum absolute atomic E-state index is 0.00199. The van der Waals surface area contributed by atoms with Gasteiger partial charge in [0.1, 0.15) is 0 Å². The van der Waals surface area contributed by atoms with Gasteiger partial charge in [0.25, 0.3) is 5.91 Å². The summed E-state index contributed by atoms with van der Waals surface area (Å²) in [5.74, 6) is -0.00199. The van der Waals surface area contributed by atoms with Crippen LogP contribution in [0.2, 0.25) is 0 Å². The van der Waals surface area contributed by atoms with Crippen molar-refractivity contribution in [3.63, 3.8) is 0 Å². The first-order valence-electron chi connectivity index (χ1n) is 8.44. The molecule has 0 saturated heterocycles. The molecule has 120 valence electrons. The molecule has 0 aliphatic carbocycles. The number of carbonyl (C=O) groups excluding carboxylic acids is 1. The second-order valence-corrected chi connectivity index (χ2v) is 6.22. The summed E-state index contributed by atoms with van der Waals surface area (Å²) in [6.45, 7) is 4.05. The standard InChI is InChI=1S/C21H20N2O/c1-2-13-23(14-15-7-4-3-5-8-15)19-12-11-18-20-16(19)9-6-10-17(20)21(24)22-18/h3-12H,2,13-14H2,1H3,(H,22,24). The topological polar surface area (TPSA) is 32.3 Å². The zero-order valence-electron chi connectivity index (χ0n) is 13.8.